The number of aliphatic hydroxyl groups is 1. The van der Waals surface area contributed by atoms with Gasteiger partial charge in [-0.3, -0.25) is 4.98 Å². The maximum Gasteiger partial charge on any atom is 0.410 e. The Morgan fingerprint density at radius 3 is 2.64 bits per heavy atom. The SMILES string of the molecule is CC(C)(C)OC(=O)N1CCC(O)(c2ccc3ncc(Br)cc3c2F)C(C)(C)C1. The second-order valence-electron chi connectivity index (χ2n) is 9.04. The normalized spacial score (nSPS) is 22.4. The number of hydrogen-bond acceptors (Lipinski definition) is 4. The molecule has 1 amide bonds. The Balaban J connectivity index is 1.96. The number of halogens is 2. The van der Waals surface area contributed by atoms with Crippen molar-refractivity contribution in [1.29, 1.82) is 0 Å². The highest BCUT2D eigenvalue weighted by molar-refractivity contribution is 9.10. The van der Waals surface area contributed by atoms with Crippen molar-refractivity contribution in [3.8, 4) is 0 Å². The summed E-state index contributed by atoms with van der Waals surface area (Å²) in [4.78, 5) is 18.3. The lowest BCUT2D eigenvalue weighted by Crippen LogP contribution is -2.57. The van der Waals surface area contributed by atoms with Crippen LogP contribution in [0.3, 0.4) is 0 Å². The first kappa shape index (κ1) is 21.0. The predicted molar refractivity (Wildman–Crippen MR) is 110 cm³/mol. The molecule has 0 aliphatic carbocycles. The number of rotatable bonds is 1. The summed E-state index contributed by atoms with van der Waals surface area (Å²) in [6.45, 7) is 9.65. The van der Waals surface area contributed by atoms with Crippen molar-refractivity contribution in [3.63, 3.8) is 0 Å². The largest absolute Gasteiger partial charge is 0.444 e. The Labute approximate surface area is 173 Å². The number of ether oxygens (including phenoxy) is 1. The van der Waals surface area contributed by atoms with E-state index in [1.807, 2.05) is 34.6 Å². The van der Waals surface area contributed by atoms with E-state index >= 15 is 4.39 Å². The van der Waals surface area contributed by atoms with E-state index in [1.165, 1.54) is 0 Å². The van der Waals surface area contributed by atoms with Gasteiger partial charge in [-0.15, -0.1) is 0 Å². The molecule has 1 aromatic heterocycles. The second kappa shape index (κ2) is 6.95. The monoisotopic (exact) mass is 452 g/mol. The minimum Gasteiger partial charge on any atom is -0.444 e. The lowest BCUT2D eigenvalue weighted by molar-refractivity contribution is -0.125. The number of hydrogen-bond donors (Lipinski definition) is 1. The maximum absolute atomic E-state index is 15.4. The fourth-order valence-corrected chi connectivity index (χ4v) is 4.09. The quantitative estimate of drug-likeness (QED) is 0.661. The molecule has 1 unspecified atom stereocenters. The molecule has 28 heavy (non-hydrogen) atoms. The molecule has 1 saturated heterocycles. The van der Waals surface area contributed by atoms with Gasteiger partial charge < -0.3 is 14.7 Å². The van der Waals surface area contributed by atoms with Crippen LogP contribution in [0.1, 0.15) is 46.6 Å². The molecule has 0 saturated carbocycles. The van der Waals surface area contributed by atoms with E-state index < -0.39 is 28.5 Å². The summed E-state index contributed by atoms with van der Waals surface area (Å²) in [6, 6.07) is 4.98. The van der Waals surface area contributed by atoms with E-state index in [4.69, 9.17) is 4.74 Å². The third kappa shape index (κ3) is 3.74. The first-order chi connectivity index (χ1) is 12.8. The number of pyridine rings is 1. The molecule has 7 heteroatoms. The van der Waals surface area contributed by atoms with Crippen molar-refractivity contribution >= 4 is 32.9 Å². The zero-order chi connectivity index (χ0) is 20.9. The van der Waals surface area contributed by atoms with Gasteiger partial charge in [0.2, 0.25) is 0 Å². The van der Waals surface area contributed by atoms with Gasteiger partial charge in [-0.25, -0.2) is 9.18 Å². The molecule has 2 aromatic rings. The number of piperidine rings is 1. The lowest BCUT2D eigenvalue weighted by atomic mass is 9.66. The number of amides is 1. The first-order valence-electron chi connectivity index (χ1n) is 9.29. The molecule has 0 spiro atoms. The van der Waals surface area contributed by atoms with Crippen molar-refractivity contribution in [2.45, 2.75) is 52.2 Å². The Kier molecular flexibility index (Phi) is 5.21. The Hall–Kier alpha value is -1.73. The van der Waals surface area contributed by atoms with Crippen LogP contribution in [-0.4, -0.2) is 39.8 Å². The van der Waals surface area contributed by atoms with Crippen molar-refractivity contribution < 1.29 is 19.0 Å². The maximum atomic E-state index is 15.4. The van der Waals surface area contributed by atoms with Gasteiger partial charge in [0.15, 0.2) is 0 Å². The first-order valence-corrected chi connectivity index (χ1v) is 10.1. The van der Waals surface area contributed by atoms with E-state index in [1.54, 1.807) is 29.3 Å². The van der Waals surface area contributed by atoms with Crippen LogP contribution in [0.15, 0.2) is 28.9 Å². The molecular formula is C21H26BrFN2O3. The minimum absolute atomic E-state index is 0.211. The summed E-state index contributed by atoms with van der Waals surface area (Å²) in [5.74, 6) is -0.479. The van der Waals surface area contributed by atoms with Gasteiger partial charge in [-0.05, 0) is 55.3 Å². The minimum atomic E-state index is -1.42. The number of nitrogens with zero attached hydrogens (tertiary/aromatic N) is 2. The summed E-state index contributed by atoms with van der Waals surface area (Å²) < 4.78 is 21.5. The van der Waals surface area contributed by atoms with E-state index in [9.17, 15) is 9.90 Å². The molecule has 2 heterocycles. The molecule has 152 valence electrons. The van der Waals surface area contributed by atoms with Crippen LogP contribution in [0.2, 0.25) is 0 Å². The highest BCUT2D eigenvalue weighted by Gasteiger charge is 2.51. The summed E-state index contributed by atoms with van der Waals surface area (Å²) in [5.41, 5.74) is -2.05. The fraction of sp³-hybridized carbons (Fsp3) is 0.524. The highest BCUT2D eigenvalue weighted by Crippen LogP contribution is 2.47. The van der Waals surface area contributed by atoms with Gasteiger partial charge in [-0.1, -0.05) is 19.9 Å². The zero-order valence-electron chi connectivity index (χ0n) is 16.8. The van der Waals surface area contributed by atoms with Crippen molar-refractivity contribution in [1.82, 2.24) is 9.88 Å². The molecule has 1 atom stereocenters. The fourth-order valence-electron chi connectivity index (χ4n) is 3.76. The molecule has 1 aliphatic rings. The molecule has 3 rings (SSSR count). The number of likely N-dealkylation sites (tertiary alicyclic amines) is 1. The van der Waals surface area contributed by atoms with Crippen LogP contribution in [-0.2, 0) is 10.3 Å². The lowest BCUT2D eigenvalue weighted by Gasteiger charge is -2.50. The Morgan fingerprint density at radius 2 is 2.04 bits per heavy atom. The number of aromatic nitrogens is 1. The van der Waals surface area contributed by atoms with E-state index in [0.29, 0.717) is 15.4 Å². The summed E-state index contributed by atoms with van der Waals surface area (Å²) in [6.07, 6.45) is 1.40. The Morgan fingerprint density at radius 1 is 1.36 bits per heavy atom. The number of carbonyl (C=O) groups excluding carboxylic acids is 1. The highest BCUT2D eigenvalue weighted by atomic mass is 79.9. The van der Waals surface area contributed by atoms with Gasteiger partial charge in [-0.2, -0.15) is 0 Å². The second-order valence-corrected chi connectivity index (χ2v) is 9.96. The molecule has 0 radical (unpaired) electrons. The van der Waals surface area contributed by atoms with Crippen LogP contribution in [0.4, 0.5) is 9.18 Å². The Bertz CT molecular complexity index is 926. The van der Waals surface area contributed by atoms with Gasteiger partial charge in [0.25, 0.3) is 0 Å². The number of fused-ring (bicyclic) bond motifs is 1. The van der Waals surface area contributed by atoms with Gasteiger partial charge in [0, 0.05) is 40.1 Å². The van der Waals surface area contributed by atoms with Crippen LogP contribution >= 0.6 is 15.9 Å². The number of benzene rings is 1. The van der Waals surface area contributed by atoms with Crippen molar-refractivity contribution in [2.75, 3.05) is 13.1 Å². The van der Waals surface area contributed by atoms with Crippen molar-refractivity contribution in [2.24, 2.45) is 5.41 Å². The zero-order valence-corrected chi connectivity index (χ0v) is 18.4. The number of carbonyl (C=O) groups is 1. The van der Waals surface area contributed by atoms with Crippen molar-refractivity contribution in [3.05, 3.63) is 40.2 Å². The van der Waals surface area contributed by atoms with Crippen LogP contribution in [0, 0.1) is 11.2 Å². The molecule has 1 fully saturated rings. The molecule has 0 bridgehead atoms. The smallest absolute Gasteiger partial charge is 0.410 e. The average molecular weight is 453 g/mol. The molecule has 1 aromatic carbocycles. The topological polar surface area (TPSA) is 62.7 Å². The summed E-state index contributed by atoms with van der Waals surface area (Å²) in [5, 5.41) is 11.9. The molecular weight excluding hydrogens is 427 g/mol. The predicted octanol–water partition coefficient (Wildman–Crippen LogP) is 4.99. The van der Waals surface area contributed by atoms with Crippen LogP contribution in [0.25, 0.3) is 10.9 Å². The van der Waals surface area contributed by atoms with E-state index in [-0.39, 0.29) is 25.1 Å². The molecule has 1 aliphatic heterocycles. The average Bonchev–Trinajstić information content (AvgIpc) is 2.56. The van der Waals surface area contributed by atoms with Gasteiger partial charge >= 0.3 is 6.09 Å². The van der Waals surface area contributed by atoms with Gasteiger partial charge in [0.05, 0.1) is 5.52 Å². The van der Waals surface area contributed by atoms with Gasteiger partial charge in [0.1, 0.15) is 17.0 Å². The van der Waals surface area contributed by atoms with Crippen LogP contribution < -0.4 is 0 Å². The summed E-state index contributed by atoms with van der Waals surface area (Å²) >= 11 is 3.32. The molecule has 1 N–H and O–H groups in total. The molecule has 5 nitrogen and oxygen atoms in total. The standard InChI is InChI=1S/C21H26BrFN2O3/c1-19(2,3)28-18(26)25-9-8-21(27,20(4,5)12-25)15-6-7-16-14(17(15)23)10-13(22)11-24-16/h6-7,10-11,27H,8-9,12H2,1-5H3. The third-order valence-electron chi connectivity index (χ3n) is 5.31. The van der Waals surface area contributed by atoms with Crippen LogP contribution in [0.5, 0.6) is 0 Å². The summed E-state index contributed by atoms with van der Waals surface area (Å²) in [7, 11) is 0. The van der Waals surface area contributed by atoms with E-state index in [2.05, 4.69) is 20.9 Å². The third-order valence-corrected chi connectivity index (χ3v) is 5.75. The van der Waals surface area contributed by atoms with E-state index in [0.717, 1.165) is 0 Å².